The van der Waals surface area contributed by atoms with Crippen molar-refractivity contribution in [1.82, 2.24) is 10.2 Å². The van der Waals surface area contributed by atoms with E-state index in [0.29, 0.717) is 6.42 Å². The molecule has 6 heteroatoms. The Kier molecular flexibility index (Phi) is 4.08. The van der Waals surface area contributed by atoms with Crippen molar-refractivity contribution in [3.8, 4) is 10.6 Å². The Morgan fingerprint density at radius 3 is 2.78 bits per heavy atom. The molecule has 4 nitrogen and oxygen atoms in total. The van der Waals surface area contributed by atoms with Crippen molar-refractivity contribution in [3.63, 3.8) is 0 Å². The first-order chi connectivity index (χ1) is 8.56. The number of aromatic nitrogens is 2. The molecule has 1 aromatic carbocycles. The molecular formula is C12H11BrN2O2S. The van der Waals surface area contributed by atoms with Gasteiger partial charge in [0.1, 0.15) is 5.01 Å². The van der Waals surface area contributed by atoms with E-state index in [9.17, 15) is 4.79 Å². The molecule has 0 aliphatic carbocycles. The summed E-state index contributed by atoms with van der Waals surface area (Å²) in [6.45, 7) is 1.99. The number of aryl methyl sites for hydroxylation is 2. The fourth-order valence-electron chi connectivity index (χ4n) is 1.69. The summed E-state index contributed by atoms with van der Waals surface area (Å²) in [7, 11) is 0. The van der Waals surface area contributed by atoms with Gasteiger partial charge in [-0.15, -0.1) is 10.2 Å². The van der Waals surface area contributed by atoms with Crippen molar-refractivity contribution in [2.45, 2.75) is 19.8 Å². The Bertz CT molecular complexity index is 583. The molecule has 0 saturated heterocycles. The van der Waals surface area contributed by atoms with E-state index in [4.69, 9.17) is 5.11 Å². The van der Waals surface area contributed by atoms with Crippen molar-refractivity contribution < 1.29 is 9.90 Å². The third-order valence-electron chi connectivity index (χ3n) is 2.55. The average molecular weight is 327 g/mol. The Morgan fingerprint density at radius 1 is 1.44 bits per heavy atom. The van der Waals surface area contributed by atoms with E-state index >= 15 is 0 Å². The van der Waals surface area contributed by atoms with Gasteiger partial charge in [0.2, 0.25) is 0 Å². The van der Waals surface area contributed by atoms with Gasteiger partial charge < -0.3 is 5.11 Å². The van der Waals surface area contributed by atoms with Crippen LogP contribution >= 0.6 is 27.3 Å². The second-order valence-corrected chi connectivity index (χ2v) is 6.16. The predicted octanol–water partition coefficient (Wildman–Crippen LogP) is 3.29. The molecule has 18 heavy (non-hydrogen) atoms. The Balaban J connectivity index is 2.22. The van der Waals surface area contributed by atoms with Gasteiger partial charge in [0.25, 0.3) is 0 Å². The number of benzene rings is 1. The zero-order valence-corrected chi connectivity index (χ0v) is 12.1. The van der Waals surface area contributed by atoms with Crippen LogP contribution in [0.15, 0.2) is 22.1 Å². The Morgan fingerprint density at radius 2 is 2.22 bits per heavy atom. The molecule has 94 valence electrons. The molecule has 0 saturated carbocycles. The molecule has 0 spiro atoms. The topological polar surface area (TPSA) is 63.1 Å². The highest BCUT2D eigenvalue weighted by Gasteiger charge is 2.09. The van der Waals surface area contributed by atoms with Crippen LogP contribution in [-0.4, -0.2) is 21.3 Å². The third-order valence-corrected chi connectivity index (χ3v) is 3.94. The number of rotatable bonds is 4. The number of carboxylic acids is 1. The maximum atomic E-state index is 10.5. The van der Waals surface area contributed by atoms with Gasteiger partial charge in [-0.05, 0) is 40.4 Å². The highest BCUT2D eigenvalue weighted by Crippen LogP contribution is 2.29. The normalized spacial score (nSPS) is 10.6. The Hall–Kier alpha value is -1.27. The maximum Gasteiger partial charge on any atom is 0.303 e. The molecule has 2 aromatic rings. The number of carbonyl (C=O) groups is 1. The molecule has 0 atom stereocenters. The SMILES string of the molecule is Cc1cc(CCC(=O)O)ccc1-c1nnc(Br)s1. The van der Waals surface area contributed by atoms with E-state index in [2.05, 4.69) is 26.1 Å². The molecule has 0 aliphatic rings. The summed E-state index contributed by atoms with van der Waals surface area (Å²) in [4.78, 5) is 10.5. The van der Waals surface area contributed by atoms with E-state index in [1.165, 1.54) is 11.3 Å². The monoisotopic (exact) mass is 326 g/mol. The summed E-state index contributed by atoms with van der Waals surface area (Å²) in [6, 6.07) is 5.92. The summed E-state index contributed by atoms with van der Waals surface area (Å²) in [5.74, 6) is -0.773. The fraction of sp³-hybridized carbons (Fsp3) is 0.250. The number of hydrogen-bond donors (Lipinski definition) is 1. The van der Waals surface area contributed by atoms with E-state index < -0.39 is 5.97 Å². The first-order valence-electron chi connectivity index (χ1n) is 5.37. The van der Waals surface area contributed by atoms with Gasteiger partial charge in [0.05, 0.1) is 0 Å². The van der Waals surface area contributed by atoms with E-state index in [-0.39, 0.29) is 6.42 Å². The summed E-state index contributed by atoms with van der Waals surface area (Å²) in [6.07, 6.45) is 0.708. The lowest BCUT2D eigenvalue weighted by atomic mass is 10.0. The maximum absolute atomic E-state index is 10.5. The number of nitrogens with zero attached hydrogens (tertiary/aromatic N) is 2. The van der Waals surface area contributed by atoms with Crippen molar-refractivity contribution >= 4 is 33.2 Å². The van der Waals surface area contributed by atoms with Gasteiger partial charge in [0.15, 0.2) is 3.92 Å². The second-order valence-electron chi connectivity index (χ2n) is 3.90. The second kappa shape index (κ2) is 5.58. The standard InChI is InChI=1S/C12H11BrN2O2S/c1-7-6-8(3-5-10(16)17)2-4-9(7)11-14-15-12(13)18-11/h2,4,6H,3,5H2,1H3,(H,16,17). The smallest absolute Gasteiger partial charge is 0.303 e. The van der Waals surface area contributed by atoms with E-state index in [0.717, 1.165) is 25.6 Å². The molecule has 1 aromatic heterocycles. The minimum atomic E-state index is -0.773. The molecule has 0 unspecified atom stereocenters. The number of aliphatic carboxylic acids is 1. The number of hydrogen-bond acceptors (Lipinski definition) is 4. The predicted molar refractivity (Wildman–Crippen MR) is 73.7 cm³/mol. The number of carboxylic acid groups (broad SMARTS) is 1. The quantitative estimate of drug-likeness (QED) is 0.936. The van der Waals surface area contributed by atoms with Crippen LogP contribution in [0.4, 0.5) is 0 Å². The Labute approximate surface area is 117 Å². The molecule has 0 amide bonds. The highest BCUT2D eigenvalue weighted by molar-refractivity contribution is 9.11. The van der Waals surface area contributed by atoms with Gasteiger partial charge in [-0.2, -0.15) is 0 Å². The van der Waals surface area contributed by atoms with Gasteiger partial charge in [0, 0.05) is 12.0 Å². The van der Waals surface area contributed by atoms with Crippen molar-refractivity contribution in [2.24, 2.45) is 0 Å². The molecule has 0 fully saturated rings. The first-order valence-corrected chi connectivity index (χ1v) is 6.98. The van der Waals surface area contributed by atoms with Gasteiger partial charge in [-0.3, -0.25) is 4.79 Å². The van der Waals surface area contributed by atoms with Crippen LogP contribution in [0.2, 0.25) is 0 Å². The van der Waals surface area contributed by atoms with Crippen LogP contribution in [0.3, 0.4) is 0 Å². The minimum Gasteiger partial charge on any atom is -0.481 e. The summed E-state index contributed by atoms with van der Waals surface area (Å²) >= 11 is 4.77. The molecule has 0 bridgehead atoms. The van der Waals surface area contributed by atoms with Crippen LogP contribution in [0.5, 0.6) is 0 Å². The lowest BCUT2D eigenvalue weighted by molar-refractivity contribution is -0.136. The van der Waals surface area contributed by atoms with Crippen LogP contribution in [0.25, 0.3) is 10.6 Å². The minimum absolute atomic E-state index is 0.156. The van der Waals surface area contributed by atoms with Gasteiger partial charge in [-0.1, -0.05) is 29.5 Å². The van der Waals surface area contributed by atoms with Crippen LogP contribution in [0, 0.1) is 6.92 Å². The van der Waals surface area contributed by atoms with Crippen molar-refractivity contribution in [2.75, 3.05) is 0 Å². The van der Waals surface area contributed by atoms with Gasteiger partial charge >= 0.3 is 5.97 Å². The highest BCUT2D eigenvalue weighted by atomic mass is 79.9. The largest absolute Gasteiger partial charge is 0.481 e. The molecular weight excluding hydrogens is 316 g/mol. The summed E-state index contributed by atoms with van der Waals surface area (Å²) < 4.78 is 0.756. The van der Waals surface area contributed by atoms with Gasteiger partial charge in [-0.25, -0.2) is 0 Å². The lowest BCUT2D eigenvalue weighted by Gasteiger charge is -2.05. The van der Waals surface area contributed by atoms with Crippen molar-refractivity contribution in [3.05, 3.63) is 33.2 Å². The molecule has 1 heterocycles. The van der Waals surface area contributed by atoms with Crippen molar-refractivity contribution in [1.29, 1.82) is 0 Å². The van der Waals surface area contributed by atoms with Crippen LogP contribution in [-0.2, 0) is 11.2 Å². The zero-order chi connectivity index (χ0) is 13.1. The summed E-state index contributed by atoms with van der Waals surface area (Å²) in [5.41, 5.74) is 3.15. The third kappa shape index (κ3) is 3.14. The average Bonchev–Trinajstić information content (AvgIpc) is 2.73. The van der Waals surface area contributed by atoms with Crippen LogP contribution < -0.4 is 0 Å². The zero-order valence-electron chi connectivity index (χ0n) is 9.68. The summed E-state index contributed by atoms with van der Waals surface area (Å²) in [5, 5.41) is 17.5. The molecule has 0 radical (unpaired) electrons. The lowest BCUT2D eigenvalue weighted by Crippen LogP contribution is -1.98. The van der Waals surface area contributed by atoms with E-state index in [1.54, 1.807) is 0 Å². The van der Waals surface area contributed by atoms with E-state index in [1.807, 2.05) is 25.1 Å². The fourth-order valence-corrected chi connectivity index (χ4v) is 2.89. The number of halogens is 1. The molecule has 1 N–H and O–H groups in total. The molecule has 0 aliphatic heterocycles. The first kappa shape index (κ1) is 13.2. The van der Waals surface area contributed by atoms with Crippen LogP contribution in [0.1, 0.15) is 17.5 Å². The molecule has 2 rings (SSSR count).